The normalized spacial score (nSPS) is 19.4. The number of aryl methyl sites for hydroxylation is 1. The average Bonchev–Trinajstić information content (AvgIpc) is 2.62. The van der Waals surface area contributed by atoms with Crippen LogP contribution in [0.3, 0.4) is 0 Å². The van der Waals surface area contributed by atoms with Crippen molar-refractivity contribution in [2.45, 2.75) is 31.7 Å². The number of piperidine rings is 1. The van der Waals surface area contributed by atoms with Crippen LogP contribution in [0.15, 0.2) is 16.9 Å². The number of aromatic nitrogens is 3. The molecule has 2 aromatic rings. The summed E-state index contributed by atoms with van der Waals surface area (Å²) in [5, 5.41) is 31.2. The van der Waals surface area contributed by atoms with Gasteiger partial charge in [-0.3, -0.25) is 14.3 Å². The fourth-order valence-electron chi connectivity index (χ4n) is 3.95. The number of β-amino-alcohol motifs (C(OH)–C–C–N with tert-alkyl or cyclic N) is 1. The molecular formula is C19H25N5O3. The van der Waals surface area contributed by atoms with Crippen LogP contribution < -0.4 is 10.9 Å². The van der Waals surface area contributed by atoms with Gasteiger partial charge in [-0.25, -0.2) is 0 Å². The summed E-state index contributed by atoms with van der Waals surface area (Å²) in [4.78, 5) is 15.0. The van der Waals surface area contributed by atoms with Crippen molar-refractivity contribution in [3.8, 4) is 17.1 Å². The topological polar surface area (TPSA) is 104 Å². The molecule has 0 bridgehead atoms. The van der Waals surface area contributed by atoms with Crippen LogP contribution >= 0.6 is 0 Å². The summed E-state index contributed by atoms with van der Waals surface area (Å²) in [5.41, 5.74) is 2.37. The maximum Gasteiger partial charge on any atom is 0.296 e. The number of aliphatic hydroxyl groups excluding tert-OH is 1. The number of aromatic hydroxyl groups is 1. The minimum Gasteiger partial charge on any atom is -0.507 e. The largest absolute Gasteiger partial charge is 0.507 e. The van der Waals surface area contributed by atoms with Gasteiger partial charge in [0.1, 0.15) is 5.75 Å². The number of nitrogens with one attached hydrogen (secondary N) is 1. The van der Waals surface area contributed by atoms with E-state index in [1.54, 1.807) is 13.1 Å². The summed E-state index contributed by atoms with van der Waals surface area (Å²) in [6.45, 7) is 2.49. The maximum absolute atomic E-state index is 12.8. The number of aliphatic hydroxyl groups is 1. The molecule has 27 heavy (non-hydrogen) atoms. The second-order valence-corrected chi connectivity index (χ2v) is 7.34. The van der Waals surface area contributed by atoms with Crippen molar-refractivity contribution < 1.29 is 10.2 Å². The lowest BCUT2D eigenvalue weighted by molar-refractivity contribution is 0.166. The Hall–Kier alpha value is -2.45. The Morgan fingerprint density at radius 1 is 1.30 bits per heavy atom. The van der Waals surface area contributed by atoms with Crippen LogP contribution in [0.2, 0.25) is 0 Å². The zero-order valence-electron chi connectivity index (χ0n) is 15.5. The highest BCUT2D eigenvalue weighted by Crippen LogP contribution is 2.38. The maximum atomic E-state index is 12.8. The molecule has 8 heteroatoms. The Balaban J connectivity index is 1.58. The predicted molar refractivity (Wildman–Crippen MR) is 102 cm³/mol. The number of phenolic OH excluding ortho intramolecular Hbond substituents is 1. The molecule has 8 nitrogen and oxygen atoms in total. The van der Waals surface area contributed by atoms with E-state index in [4.69, 9.17) is 5.11 Å². The number of hydrogen-bond donors (Lipinski definition) is 3. The zero-order valence-corrected chi connectivity index (χ0v) is 15.5. The molecule has 0 saturated carbocycles. The predicted octanol–water partition coefficient (Wildman–Crippen LogP) is 0.515. The van der Waals surface area contributed by atoms with Gasteiger partial charge < -0.3 is 15.5 Å². The van der Waals surface area contributed by atoms with E-state index in [0.717, 1.165) is 49.9 Å². The Kier molecular flexibility index (Phi) is 4.84. The van der Waals surface area contributed by atoms with Crippen LogP contribution in [0.5, 0.6) is 5.75 Å². The fourth-order valence-corrected chi connectivity index (χ4v) is 3.95. The number of nitrogens with zero attached hydrogens (tertiary/aromatic N) is 4. The summed E-state index contributed by atoms with van der Waals surface area (Å²) >= 11 is 0. The zero-order chi connectivity index (χ0) is 19.0. The minimum atomic E-state index is -0.263. The molecular weight excluding hydrogens is 346 g/mol. The first-order valence-corrected chi connectivity index (χ1v) is 9.46. The van der Waals surface area contributed by atoms with Crippen molar-refractivity contribution >= 4 is 5.82 Å². The van der Waals surface area contributed by atoms with Crippen molar-refractivity contribution in [1.82, 2.24) is 19.7 Å². The van der Waals surface area contributed by atoms with Crippen LogP contribution in [0.4, 0.5) is 5.82 Å². The molecule has 1 saturated heterocycles. The molecule has 2 aliphatic rings. The smallest absolute Gasteiger partial charge is 0.296 e. The monoisotopic (exact) mass is 371 g/mol. The van der Waals surface area contributed by atoms with E-state index in [1.165, 1.54) is 4.57 Å². The molecule has 0 spiro atoms. The molecule has 0 radical (unpaired) electrons. The number of benzene rings is 1. The second-order valence-electron chi connectivity index (χ2n) is 7.34. The first-order valence-electron chi connectivity index (χ1n) is 9.46. The SMILES string of the molecule is Cn1c(-c2ccc3c(c2O)CC3)nnc(N[C@@H]2CCCN(CCO)C2)c1=O. The number of anilines is 1. The van der Waals surface area contributed by atoms with Gasteiger partial charge in [0.2, 0.25) is 5.82 Å². The van der Waals surface area contributed by atoms with Gasteiger partial charge in [-0.05, 0) is 49.4 Å². The highest BCUT2D eigenvalue weighted by Gasteiger charge is 2.24. The fraction of sp³-hybridized carbons (Fsp3) is 0.526. The average molecular weight is 371 g/mol. The van der Waals surface area contributed by atoms with E-state index < -0.39 is 0 Å². The molecule has 1 aliphatic heterocycles. The summed E-state index contributed by atoms with van der Waals surface area (Å²) in [6, 6.07) is 3.88. The molecule has 1 aliphatic carbocycles. The van der Waals surface area contributed by atoms with E-state index >= 15 is 0 Å². The summed E-state index contributed by atoms with van der Waals surface area (Å²) in [6.07, 6.45) is 3.78. The van der Waals surface area contributed by atoms with Crippen molar-refractivity contribution in [3.63, 3.8) is 0 Å². The van der Waals surface area contributed by atoms with Gasteiger partial charge in [0, 0.05) is 26.2 Å². The second kappa shape index (κ2) is 7.28. The third-order valence-corrected chi connectivity index (χ3v) is 5.60. The molecule has 1 atom stereocenters. The first-order chi connectivity index (χ1) is 13.1. The summed E-state index contributed by atoms with van der Waals surface area (Å²) in [7, 11) is 1.65. The number of fused-ring (bicyclic) bond motifs is 1. The van der Waals surface area contributed by atoms with Gasteiger partial charge in [-0.2, -0.15) is 0 Å². The molecule has 0 unspecified atom stereocenters. The van der Waals surface area contributed by atoms with E-state index in [2.05, 4.69) is 20.4 Å². The highest BCUT2D eigenvalue weighted by atomic mass is 16.3. The lowest BCUT2D eigenvalue weighted by Crippen LogP contribution is -2.44. The Bertz CT molecular complexity index is 909. The Labute approximate surface area is 157 Å². The molecule has 1 aromatic carbocycles. The van der Waals surface area contributed by atoms with Gasteiger partial charge in [-0.15, -0.1) is 10.2 Å². The lowest BCUT2D eigenvalue weighted by atomic mass is 9.86. The van der Waals surface area contributed by atoms with Gasteiger partial charge in [0.25, 0.3) is 5.56 Å². The van der Waals surface area contributed by atoms with Crippen LogP contribution in [-0.2, 0) is 19.9 Å². The number of likely N-dealkylation sites (tertiary alicyclic amines) is 1. The van der Waals surface area contributed by atoms with Crippen LogP contribution in [0, 0.1) is 0 Å². The van der Waals surface area contributed by atoms with E-state index in [1.807, 2.05) is 6.07 Å². The van der Waals surface area contributed by atoms with E-state index in [9.17, 15) is 9.90 Å². The highest BCUT2D eigenvalue weighted by molar-refractivity contribution is 5.69. The van der Waals surface area contributed by atoms with Crippen molar-refractivity contribution in [1.29, 1.82) is 0 Å². The third kappa shape index (κ3) is 3.30. The third-order valence-electron chi connectivity index (χ3n) is 5.60. The number of rotatable bonds is 5. The Morgan fingerprint density at radius 2 is 2.15 bits per heavy atom. The molecule has 1 aromatic heterocycles. The lowest BCUT2D eigenvalue weighted by Gasteiger charge is -2.32. The van der Waals surface area contributed by atoms with Crippen LogP contribution in [0.1, 0.15) is 24.0 Å². The van der Waals surface area contributed by atoms with Crippen LogP contribution in [0.25, 0.3) is 11.4 Å². The van der Waals surface area contributed by atoms with Gasteiger partial charge in [0.15, 0.2) is 5.82 Å². The van der Waals surface area contributed by atoms with E-state index in [-0.39, 0.29) is 29.8 Å². The van der Waals surface area contributed by atoms with Gasteiger partial charge in [0.05, 0.1) is 12.2 Å². The van der Waals surface area contributed by atoms with Crippen molar-refractivity contribution in [3.05, 3.63) is 33.6 Å². The molecule has 2 heterocycles. The number of hydrogen-bond acceptors (Lipinski definition) is 7. The first kappa shape index (κ1) is 17.9. The summed E-state index contributed by atoms with van der Waals surface area (Å²) in [5.74, 6) is 0.791. The molecule has 144 valence electrons. The number of phenols is 1. The molecule has 1 fully saturated rings. The Morgan fingerprint density at radius 3 is 2.89 bits per heavy atom. The van der Waals surface area contributed by atoms with Gasteiger partial charge >= 0.3 is 0 Å². The molecule has 0 amide bonds. The van der Waals surface area contributed by atoms with Crippen molar-refractivity contribution in [2.75, 3.05) is 31.6 Å². The van der Waals surface area contributed by atoms with E-state index in [0.29, 0.717) is 17.9 Å². The van der Waals surface area contributed by atoms with Crippen molar-refractivity contribution in [2.24, 2.45) is 7.05 Å². The summed E-state index contributed by atoms with van der Waals surface area (Å²) < 4.78 is 1.43. The van der Waals surface area contributed by atoms with Gasteiger partial charge in [-0.1, -0.05) is 6.07 Å². The minimum absolute atomic E-state index is 0.100. The van der Waals surface area contributed by atoms with Crippen LogP contribution in [-0.4, -0.2) is 62.2 Å². The molecule has 4 rings (SSSR count). The standard InChI is InChI=1S/C19H25N5O3/c1-23-18(15-7-5-12-4-6-14(12)16(15)26)22-21-17(19(23)27)20-13-3-2-8-24(11-13)9-10-25/h5,7,13,25-26H,2-4,6,8-11H2,1H3,(H,20,21)/t13-/m1/s1. The quantitative estimate of drug-likeness (QED) is 0.704. The molecule has 3 N–H and O–H groups in total.